The SMILES string of the molecule is C=CCN(CC)C(=O)N[C@@H](CC(=O)OC)C(=O)O. The first kappa shape index (κ1) is 16.0. The second-order valence-electron chi connectivity index (χ2n) is 3.45. The molecule has 0 bridgehead atoms. The predicted molar refractivity (Wildman–Crippen MR) is 64.0 cm³/mol. The highest BCUT2D eigenvalue weighted by molar-refractivity contribution is 5.86. The Balaban J connectivity index is 4.57. The van der Waals surface area contributed by atoms with Gasteiger partial charge in [-0.15, -0.1) is 6.58 Å². The van der Waals surface area contributed by atoms with E-state index in [1.165, 1.54) is 11.0 Å². The molecule has 7 nitrogen and oxygen atoms in total. The maximum atomic E-state index is 11.7. The molecule has 0 spiro atoms. The van der Waals surface area contributed by atoms with Crippen LogP contribution in [0.25, 0.3) is 0 Å². The Bertz CT molecular complexity index is 329. The molecule has 0 aromatic heterocycles. The molecule has 18 heavy (non-hydrogen) atoms. The van der Waals surface area contributed by atoms with E-state index in [9.17, 15) is 14.4 Å². The summed E-state index contributed by atoms with van der Waals surface area (Å²) in [5.41, 5.74) is 0. The topological polar surface area (TPSA) is 95.9 Å². The molecule has 1 atom stereocenters. The van der Waals surface area contributed by atoms with Gasteiger partial charge in [0.15, 0.2) is 0 Å². The van der Waals surface area contributed by atoms with Crippen molar-refractivity contribution in [3.63, 3.8) is 0 Å². The van der Waals surface area contributed by atoms with Gasteiger partial charge in [0.25, 0.3) is 0 Å². The average Bonchev–Trinajstić information content (AvgIpc) is 2.34. The van der Waals surface area contributed by atoms with Gasteiger partial charge in [0.2, 0.25) is 0 Å². The molecule has 0 saturated heterocycles. The van der Waals surface area contributed by atoms with Crippen molar-refractivity contribution in [2.24, 2.45) is 0 Å². The number of methoxy groups -OCH3 is 1. The van der Waals surface area contributed by atoms with Crippen molar-refractivity contribution >= 4 is 18.0 Å². The Morgan fingerprint density at radius 1 is 1.50 bits per heavy atom. The fraction of sp³-hybridized carbons (Fsp3) is 0.545. The number of carbonyl (C=O) groups excluding carboxylic acids is 2. The lowest BCUT2D eigenvalue weighted by molar-refractivity contribution is -0.147. The van der Waals surface area contributed by atoms with E-state index in [-0.39, 0.29) is 0 Å². The number of likely N-dealkylation sites (N-methyl/N-ethyl adjacent to an activating group) is 1. The summed E-state index contributed by atoms with van der Waals surface area (Å²) in [5, 5.41) is 11.1. The maximum absolute atomic E-state index is 11.7. The van der Waals surface area contributed by atoms with Gasteiger partial charge in [0.05, 0.1) is 13.5 Å². The number of carboxylic acid groups (broad SMARTS) is 1. The number of ether oxygens (including phenoxy) is 1. The smallest absolute Gasteiger partial charge is 0.326 e. The molecule has 0 aromatic carbocycles. The van der Waals surface area contributed by atoms with Crippen LogP contribution in [-0.2, 0) is 14.3 Å². The molecule has 0 aliphatic heterocycles. The largest absolute Gasteiger partial charge is 0.480 e. The fourth-order valence-corrected chi connectivity index (χ4v) is 1.20. The van der Waals surface area contributed by atoms with Gasteiger partial charge in [0.1, 0.15) is 6.04 Å². The number of nitrogens with zero attached hydrogens (tertiary/aromatic N) is 1. The van der Waals surface area contributed by atoms with E-state index in [1.54, 1.807) is 6.92 Å². The summed E-state index contributed by atoms with van der Waals surface area (Å²) in [6.45, 7) is 5.95. The van der Waals surface area contributed by atoms with E-state index in [0.717, 1.165) is 7.11 Å². The highest BCUT2D eigenvalue weighted by atomic mass is 16.5. The third kappa shape index (κ3) is 5.33. The summed E-state index contributed by atoms with van der Waals surface area (Å²) in [5.74, 6) is -1.99. The fourth-order valence-electron chi connectivity index (χ4n) is 1.20. The molecule has 102 valence electrons. The van der Waals surface area contributed by atoms with Gasteiger partial charge in [-0.05, 0) is 6.92 Å². The van der Waals surface area contributed by atoms with Crippen LogP contribution in [0, 0.1) is 0 Å². The third-order valence-electron chi connectivity index (χ3n) is 2.21. The molecule has 0 radical (unpaired) electrons. The standard InChI is InChI=1S/C11H18N2O5/c1-4-6-13(5-2)11(17)12-8(10(15)16)7-9(14)18-3/h4,8H,1,5-7H2,2-3H3,(H,12,17)(H,15,16)/t8-/m0/s1. The van der Waals surface area contributed by atoms with Crippen LogP contribution in [0.3, 0.4) is 0 Å². The van der Waals surface area contributed by atoms with Crippen LogP contribution in [0.5, 0.6) is 0 Å². The Labute approximate surface area is 105 Å². The number of amides is 2. The number of rotatable bonds is 7. The van der Waals surface area contributed by atoms with E-state index in [1.807, 2.05) is 0 Å². The van der Waals surface area contributed by atoms with Crippen molar-refractivity contribution in [1.29, 1.82) is 0 Å². The van der Waals surface area contributed by atoms with Crippen molar-refractivity contribution in [3.05, 3.63) is 12.7 Å². The third-order valence-corrected chi connectivity index (χ3v) is 2.21. The molecular weight excluding hydrogens is 240 g/mol. The minimum absolute atomic E-state index is 0.299. The number of esters is 1. The number of hydrogen-bond donors (Lipinski definition) is 2. The molecule has 2 N–H and O–H groups in total. The van der Waals surface area contributed by atoms with Crippen LogP contribution in [0.1, 0.15) is 13.3 Å². The van der Waals surface area contributed by atoms with Gasteiger partial charge in [0, 0.05) is 13.1 Å². The number of nitrogens with one attached hydrogen (secondary N) is 1. The van der Waals surface area contributed by atoms with E-state index < -0.39 is 30.4 Å². The van der Waals surface area contributed by atoms with E-state index in [4.69, 9.17) is 5.11 Å². The van der Waals surface area contributed by atoms with Crippen molar-refractivity contribution in [3.8, 4) is 0 Å². The molecule has 0 aliphatic carbocycles. The molecule has 2 amide bonds. The zero-order valence-electron chi connectivity index (χ0n) is 10.5. The number of carbonyl (C=O) groups is 3. The molecule has 0 rings (SSSR count). The summed E-state index contributed by atoms with van der Waals surface area (Å²) in [6.07, 6.45) is 1.11. The van der Waals surface area contributed by atoms with Gasteiger partial charge in [-0.25, -0.2) is 9.59 Å². The minimum Gasteiger partial charge on any atom is -0.480 e. The first-order valence-electron chi connectivity index (χ1n) is 5.42. The lowest BCUT2D eigenvalue weighted by Gasteiger charge is -2.22. The zero-order chi connectivity index (χ0) is 14.1. The number of carboxylic acids is 1. The quantitative estimate of drug-likeness (QED) is 0.503. The van der Waals surface area contributed by atoms with Crippen molar-refractivity contribution in [2.75, 3.05) is 20.2 Å². The van der Waals surface area contributed by atoms with Crippen molar-refractivity contribution in [2.45, 2.75) is 19.4 Å². The lowest BCUT2D eigenvalue weighted by atomic mass is 10.2. The van der Waals surface area contributed by atoms with Crippen molar-refractivity contribution < 1.29 is 24.2 Å². The normalized spacial score (nSPS) is 11.2. The van der Waals surface area contributed by atoms with Crippen LogP contribution < -0.4 is 5.32 Å². The Hall–Kier alpha value is -2.05. The number of urea groups is 1. The number of aliphatic carboxylic acids is 1. The summed E-state index contributed by atoms with van der Waals surface area (Å²) in [4.78, 5) is 35.0. The minimum atomic E-state index is -1.30. The number of hydrogen-bond acceptors (Lipinski definition) is 4. The van der Waals surface area contributed by atoms with Crippen LogP contribution in [-0.4, -0.2) is 54.2 Å². The van der Waals surface area contributed by atoms with Gasteiger partial charge < -0.3 is 20.1 Å². The van der Waals surface area contributed by atoms with Gasteiger partial charge in [-0.2, -0.15) is 0 Å². The van der Waals surface area contributed by atoms with Crippen LogP contribution >= 0.6 is 0 Å². The first-order chi connectivity index (χ1) is 8.46. The van der Waals surface area contributed by atoms with Gasteiger partial charge in [-0.3, -0.25) is 4.79 Å². The summed E-state index contributed by atoms with van der Waals surface area (Å²) < 4.78 is 4.36. The predicted octanol–water partition coefficient (Wildman–Crippen LogP) is 0.220. The van der Waals surface area contributed by atoms with Crippen molar-refractivity contribution in [1.82, 2.24) is 10.2 Å². The molecule has 7 heteroatoms. The molecule has 0 unspecified atom stereocenters. The molecule has 0 saturated carbocycles. The Kier molecular flexibility index (Phi) is 7.18. The molecule has 0 heterocycles. The molecule has 0 aliphatic rings. The van der Waals surface area contributed by atoms with Crippen LogP contribution in [0.2, 0.25) is 0 Å². The van der Waals surface area contributed by atoms with E-state index in [0.29, 0.717) is 13.1 Å². The van der Waals surface area contributed by atoms with Crippen LogP contribution in [0.4, 0.5) is 4.79 Å². The second kappa shape index (κ2) is 8.10. The summed E-state index contributed by atoms with van der Waals surface area (Å²) >= 11 is 0. The Morgan fingerprint density at radius 2 is 2.11 bits per heavy atom. The Morgan fingerprint density at radius 3 is 2.50 bits per heavy atom. The highest BCUT2D eigenvalue weighted by Gasteiger charge is 2.25. The summed E-state index contributed by atoms with van der Waals surface area (Å²) in [7, 11) is 1.15. The first-order valence-corrected chi connectivity index (χ1v) is 5.42. The monoisotopic (exact) mass is 258 g/mol. The molecular formula is C11H18N2O5. The van der Waals surface area contributed by atoms with Gasteiger partial charge >= 0.3 is 18.0 Å². The van der Waals surface area contributed by atoms with E-state index in [2.05, 4.69) is 16.6 Å². The lowest BCUT2D eigenvalue weighted by Crippen LogP contribution is -2.48. The van der Waals surface area contributed by atoms with E-state index >= 15 is 0 Å². The molecule has 0 aromatic rings. The zero-order valence-corrected chi connectivity index (χ0v) is 10.5. The second-order valence-corrected chi connectivity index (χ2v) is 3.45. The molecule has 0 fully saturated rings. The van der Waals surface area contributed by atoms with Crippen LogP contribution in [0.15, 0.2) is 12.7 Å². The average molecular weight is 258 g/mol. The highest BCUT2D eigenvalue weighted by Crippen LogP contribution is 1.98. The maximum Gasteiger partial charge on any atom is 0.326 e. The summed E-state index contributed by atoms with van der Waals surface area (Å²) in [6, 6.07) is -1.86. The van der Waals surface area contributed by atoms with Gasteiger partial charge in [-0.1, -0.05) is 6.08 Å².